The zero-order valence-electron chi connectivity index (χ0n) is 23.1. The molecule has 10 heteroatoms. The molecule has 2 aliphatic rings. The molecule has 214 valence electrons. The number of nitrogens with zero attached hydrogens (tertiary/aromatic N) is 2. The fourth-order valence-corrected chi connectivity index (χ4v) is 6.49. The highest BCUT2D eigenvalue weighted by atomic mass is 35.5. The first-order chi connectivity index (χ1) is 18.8. The SMILES string of the molecule is COC(=O)[C@H](NC(=O)[C@H]1[C@H](c2cccc(Cl)c2F)[C@@](C#N)(c2ccc(Cl)cc2F)[C@H](CC(C)(C)C)N1C)C1CC1. The topological polar surface area (TPSA) is 82.4 Å². The Morgan fingerprint density at radius 3 is 2.45 bits per heavy atom. The van der Waals surface area contributed by atoms with Crippen LogP contribution in [0, 0.1) is 34.3 Å². The van der Waals surface area contributed by atoms with Gasteiger partial charge in [-0.25, -0.2) is 13.6 Å². The number of nitrogens with one attached hydrogen (secondary N) is 1. The number of likely N-dealkylation sites (N-methyl/N-ethyl adjacent to an activating group) is 1. The van der Waals surface area contributed by atoms with E-state index in [1.165, 1.54) is 37.4 Å². The number of hydrogen-bond donors (Lipinski definition) is 1. The van der Waals surface area contributed by atoms with Crippen LogP contribution in [-0.2, 0) is 19.7 Å². The number of halogens is 4. The van der Waals surface area contributed by atoms with Crippen molar-refractivity contribution in [3.8, 4) is 6.07 Å². The molecule has 5 atom stereocenters. The molecule has 0 aromatic heterocycles. The normalized spacial score (nSPS) is 25.8. The molecule has 1 saturated carbocycles. The van der Waals surface area contributed by atoms with Crippen LogP contribution in [0.3, 0.4) is 0 Å². The Balaban J connectivity index is 1.99. The zero-order valence-corrected chi connectivity index (χ0v) is 24.6. The van der Waals surface area contributed by atoms with Crippen molar-refractivity contribution in [1.82, 2.24) is 10.2 Å². The third kappa shape index (κ3) is 5.44. The summed E-state index contributed by atoms with van der Waals surface area (Å²) >= 11 is 12.3. The highest BCUT2D eigenvalue weighted by Gasteiger charge is 2.64. The monoisotopic (exact) mass is 591 g/mol. The van der Waals surface area contributed by atoms with Crippen molar-refractivity contribution >= 4 is 35.1 Å². The minimum atomic E-state index is -1.73. The molecule has 1 saturated heterocycles. The van der Waals surface area contributed by atoms with Crippen LogP contribution in [-0.4, -0.2) is 49.1 Å². The smallest absolute Gasteiger partial charge is 0.328 e. The Morgan fingerprint density at radius 2 is 1.90 bits per heavy atom. The first-order valence-corrected chi connectivity index (χ1v) is 13.9. The highest BCUT2D eigenvalue weighted by molar-refractivity contribution is 6.31. The van der Waals surface area contributed by atoms with Crippen molar-refractivity contribution in [2.24, 2.45) is 11.3 Å². The second kappa shape index (κ2) is 11.3. The molecule has 40 heavy (non-hydrogen) atoms. The van der Waals surface area contributed by atoms with Gasteiger partial charge in [0.15, 0.2) is 0 Å². The van der Waals surface area contributed by atoms with Gasteiger partial charge >= 0.3 is 5.97 Å². The summed E-state index contributed by atoms with van der Waals surface area (Å²) in [5.74, 6) is -3.97. The second-order valence-electron chi connectivity index (χ2n) is 12.0. The lowest BCUT2D eigenvalue weighted by Gasteiger charge is -2.38. The van der Waals surface area contributed by atoms with E-state index in [1.807, 2.05) is 20.8 Å². The largest absolute Gasteiger partial charge is 0.467 e. The number of nitriles is 1. The van der Waals surface area contributed by atoms with Crippen molar-refractivity contribution < 1.29 is 23.1 Å². The molecule has 0 bridgehead atoms. The minimum Gasteiger partial charge on any atom is -0.467 e. The average Bonchev–Trinajstić information content (AvgIpc) is 3.69. The van der Waals surface area contributed by atoms with Gasteiger partial charge in [-0.15, -0.1) is 0 Å². The maximum atomic E-state index is 15.8. The number of carbonyl (C=O) groups is 2. The average molecular weight is 593 g/mol. The Morgan fingerprint density at radius 1 is 1.23 bits per heavy atom. The van der Waals surface area contributed by atoms with Gasteiger partial charge in [-0.2, -0.15) is 5.26 Å². The number of methoxy groups -OCH3 is 1. The minimum absolute atomic E-state index is 0.00638. The fourth-order valence-electron chi connectivity index (χ4n) is 6.14. The van der Waals surface area contributed by atoms with Crippen LogP contribution in [0.15, 0.2) is 36.4 Å². The van der Waals surface area contributed by atoms with E-state index < -0.39 is 53.0 Å². The van der Waals surface area contributed by atoms with Crippen LogP contribution < -0.4 is 5.32 Å². The molecule has 4 rings (SSSR count). The zero-order chi connectivity index (χ0) is 29.6. The molecule has 2 fully saturated rings. The van der Waals surface area contributed by atoms with Crippen molar-refractivity contribution in [3.05, 3.63) is 69.2 Å². The van der Waals surface area contributed by atoms with Crippen molar-refractivity contribution in [2.75, 3.05) is 14.2 Å². The van der Waals surface area contributed by atoms with Gasteiger partial charge < -0.3 is 10.1 Å². The van der Waals surface area contributed by atoms with Crippen molar-refractivity contribution in [2.45, 2.75) is 69.5 Å². The summed E-state index contributed by atoms with van der Waals surface area (Å²) in [4.78, 5) is 28.4. The maximum Gasteiger partial charge on any atom is 0.328 e. The lowest BCUT2D eigenvalue weighted by Crippen LogP contribution is -2.52. The van der Waals surface area contributed by atoms with E-state index in [9.17, 15) is 14.9 Å². The summed E-state index contributed by atoms with van der Waals surface area (Å²) in [7, 11) is 2.92. The molecule has 0 unspecified atom stereocenters. The van der Waals surface area contributed by atoms with E-state index >= 15 is 8.78 Å². The molecule has 1 aliphatic heterocycles. The Kier molecular flexibility index (Phi) is 8.52. The second-order valence-corrected chi connectivity index (χ2v) is 12.8. The van der Waals surface area contributed by atoms with Gasteiger partial charge in [0.1, 0.15) is 23.1 Å². The molecule has 0 spiro atoms. The van der Waals surface area contributed by atoms with E-state index in [-0.39, 0.29) is 32.5 Å². The van der Waals surface area contributed by atoms with Gasteiger partial charge in [-0.1, -0.05) is 62.2 Å². The standard InChI is InChI=1S/C30H33Cl2F2N3O3/c1-29(2,3)14-22-30(15-35,19-12-11-17(31)13-21(19)33)23(18-7-6-8-20(32)24(18)34)26(37(22)4)27(38)36-25(16-9-10-16)28(39)40-5/h6-8,11-13,16,22-23,25-26H,9-10,14H2,1-5H3,(H,36,38)/t22-,23-,25+,26+,30-/m0/s1. The van der Waals surface area contributed by atoms with Crippen LogP contribution in [0.5, 0.6) is 0 Å². The molecule has 2 aromatic carbocycles. The van der Waals surface area contributed by atoms with Crippen molar-refractivity contribution in [3.63, 3.8) is 0 Å². The molecule has 1 heterocycles. The predicted molar refractivity (Wildman–Crippen MR) is 149 cm³/mol. The first-order valence-electron chi connectivity index (χ1n) is 13.2. The van der Waals surface area contributed by atoms with E-state index in [0.717, 1.165) is 18.9 Å². The molecule has 6 nitrogen and oxygen atoms in total. The molecule has 1 N–H and O–H groups in total. The molecule has 2 aromatic rings. The van der Waals surface area contributed by atoms with Gasteiger partial charge in [0.25, 0.3) is 0 Å². The maximum absolute atomic E-state index is 15.8. The van der Waals surface area contributed by atoms with Gasteiger partial charge in [0.05, 0.1) is 24.2 Å². The summed E-state index contributed by atoms with van der Waals surface area (Å²) < 4.78 is 36.6. The predicted octanol–water partition coefficient (Wildman–Crippen LogP) is 6.00. The van der Waals surface area contributed by atoms with E-state index in [4.69, 9.17) is 27.9 Å². The number of amides is 1. The number of esters is 1. The first kappa shape index (κ1) is 30.2. The van der Waals surface area contributed by atoms with Gasteiger partial charge in [-0.3, -0.25) is 9.69 Å². The number of carbonyl (C=O) groups excluding carboxylic acids is 2. The molecule has 1 amide bonds. The molecule has 1 aliphatic carbocycles. The summed E-state index contributed by atoms with van der Waals surface area (Å²) in [5.41, 5.74) is -2.08. The lowest BCUT2D eigenvalue weighted by atomic mass is 9.62. The van der Waals surface area contributed by atoms with Crippen LogP contribution in [0.2, 0.25) is 10.0 Å². The molecular formula is C30H33Cl2F2N3O3. The lowest BCUT2D eigenvalue weighted by molar-refractivity contribution is -0.146. The fraction of sp³-hybridized carbons (Fsp3) is 0.500. The van der Waals surface area contributed by atoms with Crippen LogP contribution in [0.25, 0.3) is 0 Å². The van der Waals surface area contributed by atoms with Crippen LogP contribution in [0.4, 0.5) is 8.78 Å². The Hall–Kier alpha value is -2.73. The molecule has 0 radical (unpaired) electrons. The number of rotatable bonds is 7. The molecular weight excluding hydrogens is 559 g/mol. The van der Waals surface area contributed by atoms with E-state index in [1.54, 1.807) is 11.9 Å². The van der Waals surface area contributed by atoms with Gasteiger partial charge in [0, 0.05) is 22.5 Å². The van der Waals surface area contributed by atoms with E-state index in [0.29, 0.717) is 6.42 Å². The third-order valence-corrected chi connectivity index (χ3v) is 8.59. The van der Waals surface area contributed by atoms with Crippen molar-refractivity contribution in [1.29, 1.82) is 5.26 Å². The quantitative estimate of drug-likeness (QED) is 0.399. The van der Waals surface area contributed by atoms with Crippen LogP contribution in [0.1, 0.15) is 57.1 Å². The summed E-state index contributed by atoms with van der Waals surface area (Å²) in [6.45, 7) is 5.93. The van der Waals surface area contributed by atoms with E-state index in [2.05, 4.69) is 11.4 Å². The van der Waals surface area contributed by atoms with Gasteiger partial charge in [0.2, 0.25) is 5.91 Å². The Bertz CT molecular complexity index is 1350. The number of hydrogen-bond acceptors (Lipinski definition) is 5. The number of ether oxygens (including phenoxy) is 1. The summed E-state index contributed by atoms with van der Waals surface area (Å²) in [6, 6.07) is 7.99. The third-order valence-electron chi connectivity index (χ3n) is 8.06. The van der Waals surface area contributed by atoms with Gasteiger partial charge in [-0.05, 0) is 61.4 Å². The Labute approximate surface area is 243 Å². The number of benzene rings is 2. The number of likely N-dealkylation sites (tertiary alicyclic amines) is 1. The highest BCUT2D eigenvalue weighted by Crippen LogP contribution is 2.56. The van der Waals surface area contributed by atoms with Crippen LogP contribution >= 0.6 is 23.2 Å². The summed E-state index contributed by atoms with van der Waals surface area (Å²) in [5, 5.41) is 13.8. The summed E-state index contributed by atoms with van der Waals surface area (Å²) in [6.07, 6.45) is 1.86.